The third-order valence-electron chi connectivity index (χ3n) is 2.54. The lowest BCUT2D eigenvalue weighted by molar-refractivity contribution is 0.0526. The van der Waals surface area contributed by atoms with Crippen molar-refractivity contribution < 1.29 is 13.9 Å². The van der Waals surface area contributed by atoms with Crippen LogP contribution >= 0.6 is 31.9 Å². The number of carbonyl (C=O) groups is 1. The molecule has 0 saturated heterocycles. The van der Waals surface area contributed by atoms with Crippen molar-refractivity contribution in [1.82, 2.24) is 0 Å². The Morgan fingerprint density at radius 3 is 2.80 bits per heavy atom. The van der Waals surface area contributed by atoms with Gasteiger partial charge in [0.2, 0.25) is 0 Å². The van der Waals surface area contributed by atoms with Crippen molar-refractivity contribution in [2.24, 2.45) is 0 Å². The van der Waals surface area contributed by atoms with E-state index in [1.807, 2.05) is 18.2 Å². The average molecular weight is 403 g/mol. The molecule has 6 heteroatoms. The van der Waals surface area contributed by atoms with Crippen LogP contribution in [-0.4, -0.2) is 12.6 Å². The van der Waals surface area contributed by atoms with Gasteiger partial charge < -0.3 is 14.5 Å². The quantitative estimate of drug-likeness (QED) is 0.743. The fraction of sp³-hybridized carbons (Fsp3) is 0.214. The Balaban J connectivity index is 2.02. The molecule has 20 heavy (non-hydrogen) atoms. The summed E-state index contributed by atoms with van der Waals surface area (Å²) in [7, 11) is 0. The lowest BCUT2D eigenvalue weighted by Crippen LogP contribution is -2.05. The summed E-state index contributed by atoms with van der Waals surface area (Å²) in [6, 6.07) is 9.05. The normalized spacial score (nSPS) is 10.3. The molecule has 2 rings (SSSR count). The topological polar surface area (TPSA) is 51.5 Å². The van der Waals surface area contributed by atoms with Crippen LogP contribution < -0.4 is 5.32 Å². The zero-order chi connectivity index (χ0) is 14.5. The zero-order valence-corrected chi connectivity index (χ0v) is 14.0. The van der Waals surface area contributed by atoms with E-state index in [1.54, 1.807) is 19.1 Å². The van der Waals surface area contributed by atoms with E-state index in [9.17, 15) is 4.79 Å². The van der Waals surface area contributed by atoms with E-state index < -0.39 is 0 Å². The molecule has 0 unspecified atom stereocenters. The van der Waals surface area contributed by atoms with Crippen LogP contribution in [0.3, 0.4) is 0 Å². The number of hydrogen-bond acceptors (Lipinski definition) is 4. The first-order valence-corrected chi connectivity index (χ1v) is 7.63. The monoisotopic (exact) mass is 401 g/mol. The van der Waals surface area contributed by atoms with Crippen LogP contribution in [0, 0.1) is 0 Å². The molecule has 0 aliphatic heterocycles. The molecule has 0 aliphatic carbocycles. The average Bonchev–Trinajstić information content (AvgIpc) is 2.76. The van der Waals surface area contributed by atoms with Crippen molar-refractivity contribution >= 4 is 43.5 Å². The second kappa shape index (κ2) is 6.95. The van der Waals surface area contributed by atoms with Crippen molar-refractivity contribution in [2.45, 2.75) is 13.5 Å². The molecular formula is C14H13Br2NO3. The standard InChI is InChI=1S/C14H13Br2NO3/c1-2-19-14(18)9-4-3-5-10(6-9)17-8-11-7-12(15)13(16)20-11/h3-7,17H,2,8H2,1H3. The van der Waals surface area contributed by atoms with Gasteiger partial charge >= 0.3 is 5.97 Å². The smallest absolute Gasteiger partial charge is 0.338 e. The molecule has 0 radical (unpaired) electrons. The number of anilines is 1. The van der Waals surface area contributed by atoms with Crippen LogP contribution in [0.25, 0.3) is 0 Å². The highest BCUT2D eigenvalue weighted by Gasteiger charge is 2.08. The lowest BCUT2D eigenvalue weighted by atomic mass is 10.2. The van der Waals surface area contributed by atoms with Crippen LogP contribution in [-0.2, 0) is 11.3 Å². The molecule has 1 heterocycles. The summed E-state index contributed by atoms with van der Waals surface area (Å²) in [6.07, 6.45) is 0. The van der Waals surface area contributed by atoms with E-state index >= 15 is 0 Å². The van der Waals surface area contributed by atoms with Gasteiger partial charge in [0.05, 0.1) is 23.2 Å². The Labute approximate surface area is 133 Å². The van der Waals surface area contributed by atoms with Gasteiger partial charge in [0.1, 0.15) is 5.76 Å². The third-order valence-corrected chi connectivity index (χ3v) is 4.25. The number of hydrogen-bond donors (Lipinski definition) is 1. The van der Waals surface area contributed by atoms with Gasteiger partial charge in [-0.25, -0.2) is 4.79 Å². The second-order valence-corrected chi connectivity index (χ2v) is 5.56. The largest absolute Gasteiger partial charge is 0.462 e. The van der Waals surface area contributed by atoms with Gasteiger partial charge in [0.25, 0.3) is 0 Å². The third kappa shape index (κ3) is 3.86. The number of furan rings is 1. The fourth-order valence-corrected chi connectivity index (χ4v) is 2.30. The SMILES string of the molecule is CCOC(=O)c1cccc(NCc2cc(Br)c(Br)o2)c1. The van der Waals surface area contributed by atoms with Gasteiger partial charge in [0, 0.05) is 5.69 Å². The molecular weight excluding hydrogens is 390 g/mol. The van der Waals surface area contributed by atoms with Gasteiger partial charge in [-0.2, -0.15) is 0 Å². The summed E-state index contributed by atoms with van der Waals surface area (Å²) in [6.45, 7) is 2.67. The van der Waals surface area contributed by atoms with E-state index in [-0.39, 0.29) is 5.97 Å². The molecule has 0 amide bonds. The summed E-state index contributed by atoms with van der Waals surface area (Å²) >= 11 is 6.65. The molecule has 4 nitrogen and oxygen atoms in total. The highest BCUT2D eigenvalue weighted by atomic mass is 79.9. The Morgan fingerprint density at radius 2 is 2.15 bits per heavy atom. The number of nitrogens with one attached hydrogen (secondary N) is 1. The van der Waals surface area contributed by atoms with Gasteiger partial charge in [-0.1, -0.05) is 6.07 Å². The second-order valence-electron chi connectivity index (χ2n) is 3.99. The van der Waals surface area contributed by atoms with Crippen LogP contribution in [0.2, 0.25) is 0 Å². The summed E-state index contributed by atoms with van der Waals surface area (Å²) in [5.74, 6) is 0.463. The minimum atomic E-state index is -0.320. The molecule has 1 aromatic heterocycles. The molecule has 0 aliphatic rings. The molecule has 106 valence electrons. The fourth-order valence-electron chi connectivity index (χ4n) is 1.64. The minimum absolute atomic E-state index is 0.320. The van der Waals surface area contributed by atoms with Crippen LogP contribution in [0.4, 0.5) is 5.69 Å². The first kappa shape index (κ1) is 15.1. The van der Waals surface area contributed by atoms with Crippen molar-refractivity contribution in [2.75, 3.05) is 11.9 Å². The van der Waals surface area contributed by atoms with Crippen molar-refractivity contribution in [3.63, 3.8) is 0 Å². The van der Waals surface area contributed by atoms with Crippen LogP contribution in [0.1, 0.15) is 23.0 Å². The highest BCUT2D eigenvalue weighted by Crippen LogP contribution is 2.27. The molecule has 1 aromatic carbocycles. The predicted octanol–water partition coefficient (Wildman–Crippen LogP) is 4.59. The molecule has 2 aromatic rings. The van der Waals surface area contributed by atoms with Crippen LogP contribution in [0.5, 0.6) is 0 Å². The maximum atomic E-state index is 11.6. The number of halogens is 2. The minimum Gasteiger partial charge on any atom is -0.462 e. The van der Waals surface area contributed by atoms with Crippen LogP contribution in [0.15, 0.2) is 43.9 Å². The summed E-state index contributed by atoms with van der Waals surface area (Å²) in [5, 5.41) is 3.20. The first-order valence-electron chi connectivity index (χ1n) is 6.05. The Bertz CT molecular complexity index is 591. The number of ether oxygens (including phenoxy) is 1. The number of carbonyl (C=O) groups excluding carboxylic acids is 1. The van der Waals surface area contributed by atoms with Crippen molar-refractivity contribution in [3.8, 4) is 0 Å². The van der Waals surface area contributed by atoms with Crippen molar-refractivity contribution in [3.05, 3.63) is 50.8 Å². The van der Waals surface area contributed by atoms with Gasteiger partial charge in [0.15, 0.2) is 4.67 Å². The first-order chi connectivity index (χ1) is 9.60. The predicted molar refractivity (Wildman–Crippen MR) is 83.8 cm³/mol. The van der Waals surface area contributed by atoms with E-state index in [0.717, 1.165) is 15.9 Å². The van der Waals surface area contributed by atoms with E-state index in [2.05, 4.69) is 37.2 Å². The van der Waals surface area contributed by atoms with Gasteiger partial charge in [-0.15, -0.1) is 0 Å². The maximum absolute atomic E-state index is 11.6. The van der Waals surface area contributed by atoms with E-state index in [1.165, 1.54) is 0 Å². The Kier molecular flexibility index (Phi) is 5.25. The van der Waals surface area contributed by atoms with Crippen molar-refractivity contribution in [1.29, 1.82) is 0 Å². The Hall–Kier alpha value is -1.27. The molecule has 0 spiro atoms. The molecule has 0 fully saturated rings. The Morgan fingerprint density at radius 1 is 1.35 bits per heavy atom. The summed E-state index contributed by atoms with van der Waals surface area (Å²) in [5.41, 5.74) is 1.36. The zero-order valence-electron chi connectivity index (χ0n) is 10.8. The molecule has 0 bridgehead atoms. The van der Waals surface area contributed by atoms with E-state index in [4.69, 9.17) is 9.15 Å². The maximum Gasteiger partial charge on any atom is 0.338 e. The van der Waals surface area contributed by atoms with Gasteiger partial charge in [-0.3, -0.25) is 0 Å². The molecule has 0 atom stereocenters. The number of esters is 1. The van der Waals surface area contributed by atoms with Gasteiger partial charge in [-0.05, 0) is 63.0 Å². The highest BCUT2D eigenvalue weighted by molar-refractivity contribution is 9.13. The molecule has 1 N–H and O–H groups in total. The molecule has 0 saturated carbocycles. The number of rotatable bonds is 5. The van der Waals surface area contributed by atoms with E-state index in [0.29, 0.717) is 23.4 Å². The summed E-state index contributed by atoms with van der Waals surface area (Å²) < 4.78 is 12.0. The summed E-state index contributed by atoms with van der Waals surface area (Å²) in [4.78, 5) is 11.6. The number of benzene rings is 1. The lowest BCUT2D eigenvalue weighted by Gasteiger charge is -2.06.